The quantitative estimate of drug-likeness (QED) is 0.245. The van der Waals surface area contributed by atoms with Crippen molar-refractivity contribution in [2.45, 2.75) is 30.8 Å². The number of nitro benzene ring substituents is 2. The summed E-state index contributed by atoms with van der Waals surface area (Å²) in [5, 5.41) is 23.7. The monoisotopic (exact) mass is 535 g/mol. The average molecular weight is 536 g/mol. The zero-order valence-corrected chi connectivity index (χ0v) is 21.6. The first-order valence-electron chi connectivity index (χ1n) is 12.4. The molecular weight excluding hydrogens is 506 g/mol. The third kappa shape index (κ3) is 5.89. The van der Waals surface area contributed by atoms with Crippen molar-refractivity contribution < 1.29 is 28.9 Å². The first-order chi connectivity index (χ1) is 18.9. The van der Waals surface area contributed by atoms with Gasteiger partial charge >= 0.3 is 5.69 Å². The van der Waals surface area contributed by atoms with E-state index in [0.717, 1.165) is 0 Å². The van der Waals surface area contributed by atoms with Crippen LogP contribution in [0.4, 0.5) is 11.4 Å². The molecule has 3 aromatic rings. The fraction of sp³-hybridized carbons (Fsp3) is 0.321. The summed E-state index contributed by atoms with van der Waals surface area (Å²) >= 11 is 0. The van der Waals surface area contributed by atoms with Gasteiger partial charge in [-0.2, -0.15) is 0 Å². The molecule has 39 heavy (non-hydrogen) atoms. The fourth-order valence-electron chi connectivity index (χ4n) is 5.14. The average Bonchev–Trinajstić information content (AvgIpc) is 3.32. The Bertz CT molecular complexity index is 1330. The van der Waals surface area contributed by atoms with Crippen LogP contribution < -0.4 is 4.74 Å². The molecule has 0 radical (unpaired) electrons. The number of hydrogen-bond acceptors (Lipinski definition) is 8. The van der Waals surface area contributed by atoms with Gasteiger partial charge in [0, 0.05) is 37.5 Å². The highest BCUT2D eigenvalue weighted by Gasteiger charge is 2.43. The van der Waals surface area contributed by atoms with Gasteiger partial charge in [-0.1, -0.05) is 48.5 Å². The molecule has 4 rings (SSSR count). The van der Waals surface area contributed by atoms with Gasteiger partial charge < -0.3 is 19.1 Å². The molecule has 3 aromatic carbocycles. The molecule has 1 fully saturated rings. The number of ether oxygens (including phenoxy) is 3. The molecule has 1 amide bonds. The lowest BCUT2D eigenvalue weighted by Crippen LogP contribution is -2.47. The van der Waals surface area contributed by atoms with E-state index in [4.69, 9.17) is 14.2 Å². The Kier molecular flexibility index (Phi) is 8.84. The van der Waals surface area contributed by atoms with E-state index < -0.39 is 15.8 Å². The molecule has 0 N–H and O–H groups in total. The number of methoxy groups -OCH3 is 2. The molecule has 11 nitrogen and oxygen atoms in total. The van der Waals surface area contributed by atoms with E-state index in [1.165, 1.54) is 30.3 Å². The van der Waals surface area contributed by atoms with Crippen LogP contribution in [0.25, 0.3) is 0 Å². The van der Waals surface area contributed by atoms with E-state index in [-0.39, 0.29) is 46.4 Å². The van der Waals surface area contributed by atoms with Crippen molar-refractivity contribution in [2.24, 2.45) is 0 Å². The second kappa shape index (κ2) is 12.5. The second-order valence-corrected chi connectivity index (χ2v) is 9.15. The lowest BCUT2D eigenvalue weighted by Gasteiger charge is -2.33. The third-order valence-electron chi connectivity index (χ3n) is 6.80. The van der Waals surface area contributed by atoms with Gasteiger partial charge in [0.05, 0.1) is 41.1 Å². The number of carbonyl (C=O) groups is 1. The van der Waals surface area contributed by atoms with E-state index >= 15 is 0 Å². The summed E-state index contributed by atoms with van der Waals surface area (Å²) in [4.78, 5) is 38.8. The van der Waals surface area contributed by atoms with Gasteiger partial charge in [-0.05, 0) is 25.0 Å². The fourth-order valence-corrected chi connectivity index (χ4v) is 5.14. The van der Waals surface area contributed by atoms with Crippen LogP contribution in [0.15, 0.2) is 72.8 Å². The molecule has 1 aliphatic rings. The molecule has 0 aromatic heterocycles. The van der Waals surface area contributed by atoms with E-state index in [9.17, 15) is 25.0 Å². The van der Waals surface area contributed by atoms with Crippen LogP contribution in [-0.2, 0) is 14.3 Å². The van der Waals surface area contributed by atoms with Crippen LogP contribution in [-0.4, -0.2) is 60.2 Å². The molecule has 0 aliphatic carbocycles. The van der Waals surface area contributed by atoms with Crippen LogP contribution in [0, 0.1) is 20.2 Å². The Morgan fingerprint density at radius 1 is 0.795 bits per heavy atom. The summed E-state index contributed by atoms with van der Waals surface area (Å²) in [5.74, 6) is -1.35. The van der Waals surface area contributed by atoms with Gasteiger partial charge in [0.25, 0.3) is 5.69 Å². The van der Waals surface area contributed by atoms with Gasteiger partial charge in [0.2, 0.25) is 11.7 Å². The maximum absolute atomic E-state index is 14.5. The molecule has 0 bridgehead atoms. The summed E-state index contributed by atoms with van der Waals surface area (Å²) in [5.41, 5.74) is 0.0578. The van der Waals surface area contributed by atoms with Crippen LogP contribution in [0.1, 0.15) is 29.9 Å². The molecule has 3 atom stereocenters. The van der Waals surface area contributed by atoms with E-state index in [1.807, 2.05) is 0 Å². The van der Waals surface area contributed by atoms with Crippen molar-refractivity contribution in [3.63, 3.8) is 0 Å². The van der Waals surface area contributed by atoms with Crippen molar-refractivity contribution in [2.75, 3.05) is 27.4 Å². The van der Waals surface area contributed by atoms with Crippen LogP contribution in [0.3, 0.4) is 0 Å². The highest BCUT2D eigenvalue weighted by Crippen LogP contribution is 2.42. The zero-order chi connectivity index (χ0) is 27.9. The number of nitrogens with zero attached hydrogens (tertiary/aromatic N) is 3. The molecule has 0 spiro atoms. The number of carbonyl (C=O) groups excluding carboxylic acids is 1. The van der Waals surface area contributed by atoms with Crippen molar-refractivity contribution in [1.82, 2.24) is 4.90 Å². The van der Waals surface area contributed by atoms with E-state index in [2.05, 4.69) is 0 Å². The number of rotatable bonds is 11. The van der Waals surface area contributed by atoms with Crippen LogP contribution in [0.5, 0.6) is 11.5 Å². The molecule has 1 aliphatic heterocycles. The number of benzene rings is 3. The van der Waals surface area contributed by atoms with Crippen LogP contribution >= 0.6 is 0 Å². The molecule has 0 saturated carbocycles. The largest absolute Gasteiger partial charge is 0.450 e. The normalized spacial score (nSPS) is 17.5. The number of nitro groups is 2. The van der Waals surface area contributed by atoms with Crippen LogP contribution in [0.2, 0.25) is 0 Å². The highest BCUT2D eigenvalue weighted by atomic mass is 16.6. The zero-order valence-electron chi connectivity index (χ0n) is 21.6. The number of para-hydroxylation sites is 4. The van der Waals surface area contributed by atoms with Crippen molar-refractivity contribution in [3.8, 4) is 11.5 Å². The van der Waals surface area contributed by atoms with E-state index in [1.54, 1.807) is 61.6 Å². The van der Waals surface area contributed by atoms with Gasteiger partial charge in [-0.15, -0.1) is 0 Å². The Labute approximate surface area is 225 Å². The van der Waals surface area contributed by atoms with Crippen molar-refractivity contribution in [3.05, 3.63) is 104 Å². The first-order valence-corrected chi connectivity index (χ1v) is 12.4. The van der Waals surface area contributed by atoms with Gasteiger partial charge in [0.1, 0.15) is 5.75 Å². The van der Waals surface area contributed by atoms with Crippen molar-refractivity contribution >= 4 is 17.3 Å². The summed E-state index contributed by atoms with van der Waals surface area (Å²) in [6.07, 6.45) is 1.37. The predicted octanol–water partition coefficient (Wildman–Crippen LogP) is 5.08. The Morgan fingerprint density at radius 3 is 1.85 bits per heavy atom. The molecule has 11 heteroatoms. The lowest BCUT2D eigenvalue weighted by molar-refractivity contribution is -0.385. The maximum atomic E-state index is 14.5. The lowest BCUT2D eigenvalue weighted by atomic mass is 9.87. The minimum atomic E-state index is -1.14. The maximum Gasteiger partial charge on any atom is 0.311 e. The second-order valence-electron chi connectivity index (χ2n) is 9.15. The summed E-state index contributed by atoms with van der Waals surface area (Å²) in [6.45, 7) is 0.591. The molecule has 1 unspecified atom stereocenters. The Balaban J connectivity index is 1.88. The van der Waals surface area contributed by atoms with Gasteiger partial charge in [0.15, 0.2) is 0 Å². The number of hydrogen-bond donors (Lipinski definition) is 0. The van der Waals surface area contributed by atoms with Gasteiger partial charge in [-0.25, -0.2) is 0 Å². The highest BCUT2D eigenvalue weighted by molar-refractivity contribution is 5.90. The summed E-state index contributed by atoms with van der Waals surface area (Å²) in [7, 11) is 3.11. The topological polar surface area (TPSA) is 134 Å². The number of likely N-dealkylation sites (tertiary alicyclic amines) is 1. The Morgan fingerprint density at radius 2 is 1.28 bits per heavy atom. The Hall–Kier alpha value is -4.35. The van der Waals surface area contributed by atoms with Gasteiger partial charge in [-0.3, -0.25) is 25.0 Å². The number of amides is 1. The first kappa shape index (κ1) is 27.7. The smallest absolute Gasteiger partial charge is 0.311 e. The molecular formula is C28H29N3O8. The summed E-state index contributed by atoms with van der Waals surface area (Å²) in [6, 6.07) is 18.1. The standard InChI is InChI=1S/C28H29N3O8/c1-37-17-19-15-16-20(18-38-2)29(19)28(32)27(21-9-3-5-11-23(21)30(33)34)22-10-4-7-13-25(22)39-26-14-8-6-12-24(26)31(35)36/h3-14,19-20,27H,15-18H2,1-2H3/t19-,20-,27?/m0/s1. The van der Waals surface area contributed by atoms with E-state index in [0.29, 0.717) is 31.6 Å². The molecule has 1 saturated heterocycles. The minimum Gasteiger partial charge on any atom is -0.450 e. The summed E-state index contributed by atoms with van der Waals surface area (Å²) < 4.78 is 16.8. The molecule has 204 valence electrons. The SMILES string of the molecule is COC[C@@H]1CC[C@@H](COC)N1C(=O)C(c1ccccc1Oc1ccccc1[N+](=O)[O-])c1ccccc1[N+](=O)[O-]. The third-order valence-corrected chi connectivity index (χ3v) is 6.80. The minimum absolute atomic E-state index is 0.0144. The van der Waals surface area contributed by atoms with Crippen molar-refractivity contribution in [1.29, 1.82) is 0 Å². The molecule has 1 heterocycles. The predicted molar refractivity (Wildman–Crippen MR) is 142 cm³/mol.